The highest BCUT2D eigenvalue weighted by atomic mass is 16.5. The summed E-state index contributed by atoms with van der Waals surface area (Å²) >= 11 is 0. The summed E-state index contributed by atoms with van der Waals surface area (Å²) in [4.78, 5) is 29.3. The van der Waals surface area contributed by atoms with Gasteiger partial charge in [-0.15, -0.1) is 0 Å². The van der Waals surface area contributed by atoms with Gasteiger partial charge in [0.15, 0.2) is 5.82 Å². The third-order valence-electron chi connectivity index (χ3n) is 5.71. The third kappa shape index (κ3) is 4.03. The molecule has 0 saturated carbocycles. The van der Waals surface area contributed by atoms with Crippen LogP contribution in [0.15, 0.2) is 66.9 Å². The van der Waals surface area contributed by atoms with Gasteiger partial charge in [0.1, 0.15) is 11.2 Å². The summed E-state index contributed by atoms with van der Waals surface area (Å²) in [5, 5.41) is 8.47. The van der Waals surface area contributed by atoms with Crippen molar-refractivity contribution in [2.75, 3.05) is 0 Å². The van der Waals surface area contributed by atoms with Gasteiger partial charge in [-0.05, 0) is 49.6 Å². The lowest BCUT2D eigenvalue weighted by molar-refractivity contribution is -0.121. The number of rotatable bonds is 6. The predicted octanol–water partition coefficient (Wildman–Crippen LogP) is 4.46. The summed E-state index contributed by atoms with van der Waals surface area (Å²) < 4.78 is 16.3. The number of hydrogen-bond acceptors (Lipinski definition) is 7. The van der Waals surface area contributed by atoms with E-state index in [2.05, 4.69) is 15.5 Å². The van der Waals surface area contributed by atoms with Crippen LogP contribution in [-0.2, 0) is 17.8 Å². The summed E-state index contributed by atoms with van der Waals surface area (Å²) in [5.74, 6) is 0.551. The van der Waals surface area contributed by atoms with Gasteiger partial charge < -0.3 is 18.7 Å². The molecule has 0 aliphatic carbocycles. The first-order valence-corrected chi connectivity index (χ1v) is 10.6. The molecule has 0 fully saturated rings. The Morgan fingerprint density at radius 1 is 1.06 bits per heavy atom. The molecular weight excluding hydrogens is 422 g/mol. The lowest BCUT2D eigenvalue weighted by atomic mass is 10.0. The SMILES string of the molecule is Cc1coc2cc3oc(=O)c(CCC(=O)NCc4noc(-c5ccccc5)n4)c(C)c3cc12. The standard InChI is InChI=1S/C25H21N3O5/c1-14-13-31-20-11-21-19(10-18(14)20)15(2)17(25(30)32-21)8-9-23(29)26-12-22-27-24(33-28-22)16-6-4-3-5-7-16/h3-7,10-11,13H,8-9,12H2,1-2H3,(H,26,29). The van der Waals surface area contributed by atoms with E-state index in [1.54, 1.807) is 12.3 Å². The molecule has 0 saturated heterocycles. The topological polar surface area (TPSA) is 111 Å². The van der Waals surface area contributed by atoms with Crippen LogP contribution in [0.3, 0.4) is 0 Å². The van der Waals surface area contributed by atoms with Gasteiger partial charge in [-0.25, -0.2) is 4.79 Å². The van der Waals surface area contributed by atoms with E-state index in [4.69, 9.17) is 13.4 Å². The first-order valence-electron chi connectivity index (χ1n) is 10.6. The molecule has 5 rings (SSSR count). The van der Waals surface area contributed by atoms with Crippen LogP contribution in [-0.4, -0.2) is 16.0 Å². The van der Waals surface area contributed by atoms with E-state index in [0.717, 1.165) is 27.5 Å². The second kappa shape index (κ2) is 8.38. The van der Waals surface area contributed by atoms with Crippen molar-refractivity contribution in [2.45, 2.75) is 33.2 Å². The van der Waals surface area contributed by atoms with Crippen LogP contribution in [0.2, 0.25) is 0 Å². The zero-order valence-electron chi connectivity index (χ0n) is 18.2. The van der Waals surface area contributed by atoms with E-state index in [-0.39, 0.29) is 25.3 Å². The van der Waals surface area contributed by atoms with Crippen molar-refractivity contribution in [3.8, 4) is 11.5 Å². The minimum absolute atomic E-state index is 0.132. The number of carbonyl (C=O) groups is 1. The van der Waals surface area contributed by atoms with Crippen molar-refractivity contribution in [2.24, 2.45) is 0 Å². The van der Waals surface area contributed by atoms with Crippen LogP contribution >= 0.6 is 0 Å². The van der Waals surface area contributed by atoms with Crippen molar-refractivity contribution < 1.29 is 18.2 Å². The maximum atomic E-state index is 12.6. The van der Waals surface area contributed by atoms with Gasteiger partial charge in [0.25, 0.3) is 5.89 Å². The normalized spacial score (nSPS) is 11.3. The summed E-state index contributed by atoms with van der Waals surface area (Å²) in [6.07, 6.45) is 2.07. The third-order valence-corrected chi connectivity index (χ3v) is 5.71. The molecule has 5 aromatic rings. The number of aryl methyl sites for hydroxylation is 2. The summed E-state index contributed by atoms with van der Waals surface area (Å²) in [6, 6.07) is 13.1. The fourth-order valence-electron chi connectivity index (χ4n) is 3.85. The maximum Gasteiger partial charge on any atom is 0.339 e. The molecule has 0 bridgehead atoms. The highest BCUT2D eigenvalue weighted by Gasteiger charge is 2.16. The summed E-state index contributed by atoms with van der Waals surface area (Å²) in [7, 11) is 0. The summed E-state index contributed by atoms with van der Waals surface area (Å²) in [6.45, 7) is 3.97. The van der Waals surface area contributed by atoms with Crippen LogP contribution in [0.4, 0.5) is 0 Å². The largest absolute Gasteiger partial charge is 0.464 e. The Morgan fingerprint density at radius 2 is 1.88 bits per heavy atom. The second-order valence-corrected chi connectivity index (χ2v) is 7.91. The Hall–Kier alpha value is -4.20. The number of aromatic nitrogens is 2. The first kappa shape index (κ1) is 20.7. The van der Waals surface area contributed by atoms with E-state index in [1.165, 1.54) is 0 Å². The molecule has 3 heterocycles. The molecule has 0 unspecified atom stereocenters. The number of amides is 1. The molecule has 8 heteroatoms. The van der Waals surface area contributed by atoms with Crippen molar-refractivity contribution in [3.63, 3.8) is 0 Å². The lowest BCUT2D eigenvalue weighted by Gasteiger charge is -2.08. The minimum atomic E-state index is -0.443. The molecule has 0 aliphatic rings. The van der Waals surface area contributed by atoms with Crippen molar-refractivity contribution in [1.29, 1.82) is 0 Å². The second-order valence-electron chi connectivity index (χ2n) is 7.91. The summed E-state index contributed by atoms with van der Waals surface area (Å²) in [5.41, 5.74) is 3.82. The number of fused-ring (bicyclic) bond motifs is 2. The van der Waals surface area contributed by atoms with Gasteiger partial charge in [-0.3, -0.25) is 4.79 Å². The van der Waals surface area contributed by atoms with E-state index >= 15 is 0 Å². The lowest BCUT2D eigenvalue weighted by Crippen LogP contribution is -2.24. The Balaban J connectivity index is 1.27. The average Bonchev–Trinajstić information content (AvgIpc) is 3.44. The van der Waals surface area contributed by atoms with Crippen LogP contribution < -0.4 is 10.9 Å². The predicted molar refractivity (Wildman–Crippen MR) is 122 cm³/mol. The molecular formula is C25H21N3O5. The first-order chi connectivity index (χ1) is 16.0. The monoisotopic (exact) mass is 443 g/mol. The number of hydrogen-bond donors (Lipinski definition) is 1. The highest BCUT2D eigenvalue weighted by molar-refractivity contribution is 5.96. The van der Waals surface area contributed by atoms with E-state index in [9.17, 15) is 9.59 Å². The Labute approximate surface area is 188 Å². The molecule has 166 valence electrons. The Morgan fingerprint density at radius 3 is 2.70 bits per heavy atom. The van der Waals surface area contributed by atoms with Crippen molar-refractivity contribution in [3.05, 3.63) is 81.7 Å². The fraction of sp³-hybridized carbons (Fsp3) is 0.200. The number of furan rings is 1. The van der Waals surface area contributed by atoms with Gasteiger partial charge in [0, 0.05) is 34.4 Å². The molecule has 0 aliphatic heterocycles. The molecule has 0 spiro atoms. The van der Waals surface area contributed by atoms with E-state index in [1.807, 2.05) is 50.2 Å². The van der Waals surface area contributed by atoms with Crippen LogP contribution in [0.5, 0.6) is 0 Å². The molecule has 2 aromatic carbocycles. The zero-order valence-corrected chi connectivity index (χ0v) is 18.2. The number of nitrogens with zero attached hydrogens (tertiary/aromatic N) is 2. The molecule has 1 amide bonds. The Kier molecular flexibility index (Phi) is 5.26. The number of nitrogens with one attached hydrogen (secondary N) is 1. The smallest absolute Gasteiger partial charge is 0.339 e. The van der Waals surface area contributed by atoms with Crippen LogP contribution in [0.1, 0.15) is 28.9 Å². The minimum Gasteiger partial charge on any atom is -0.464 e. The van der Waals surface area contributed by atoms with E-state index in [0.29, 0.717) is 28.4 Å². The van der Waals surface area contributed by atoms with Crippen molar-refractivity contribution >= 4 is 27.8 Å². The van der Waals surface area contributed by atoms with Gasteiger partial charge in [0.2, 0.25) is 5.91 Å². The van der Waals surface area contributed by atoms with Crippen LogP contribution in [0.25, 0.3) is 33.4 Å². The van der Waals surface area contributed by atoms with Gasteiger partial charge in [0.05, 0.1) is 12.8 Å². The molecule has 8 nitrogen and oxygen atoms in total. The maximum absolute atomic E-state index is 12.6. The van der Waals surface area contributed by atoms with Gasteiger partial charge in [-0.1, -0.05) is 23.4 Å². The zero-order chi connectivity index (χ0) is 22.9. The molecule has 1 N–H and O–H groups in total. The van der Waals surface area contributed by atoms with Crippen LogP contribution in [0, 0.1) is 13.8 Å². The highest BCUT2D eigenvalue weighted by Crippen LogP contribution is 2.29. The molecule has 0 atom stereocenters. The average molecular weight is 443 g/mol. The number of carbonyl (C=O) groups excluding carboxylic acids is 1. The number of benzene rings is 2. The molecule has 0 radical (unpaired) electrons. The molecule has 3 aromatic heterocycles. The van der Waals surface area contributed by atoms with Gasteiger partial charge >= 0.3 is 5.63 Å². The Bertz CT molecular complexity index is 1530. The van der Waals surface area contributed by atoms with E-state index < -0.39 is 5.63 Å². The quantitative estimate of drug-likeness (QED) is 0.386. The van der Waals surface area contributed by atoms with Gasteiger partial charge in [-0.2, -0.15) is 4.98 Å². The van der Waals surface area contributed by atoms with Crippen molar-refractivity contribution in [1.82, 2.24) is 15.5 Å². The molecule has 33 heavy (non-hydrogen) atoms. The fourth-order valence-corrected chi connectivity index (χ4v) is 3.85.